The van der Waals surface area contributed by atoms with Crippen LogP contribution in [0.4, 0.5) is 11.5 Å². The molecular formula is C27H24AsN5O2S. The van der Waals surface area contributed by atoms with Crippen LogP contribution in [0.5, 0.6) is 5.75 Å². The molecule has 7 nitrogen and oxygen atoms in total. The zero-order chi connectivity index (χ0) is 24.6. The number of nitrogens with zero attached hydrogens (tertiary/aromatic N) is 3. The zero-order valence-electron chi connectivity index (χ0n) is 19.8. The van der Waals surface area contributed by atoms with Crippen LogP contribution in [0.2, 0.25) is 0 Å². The topological polar surface area (TPSA) is 89.0 Å². The van der Waals surface area contributed by atoms with Crippen molar-refractivity contribution in [2.24, 2.45) is 0 Å². The summed E-state index contributed by atoms with van der Waals surface area (Å²) < 4.78 is 8.55. The van der Waals surface area contributed by atoms with Crippen molar-refractivity contribution in [2.45, 2.75) is 25.8 Å². The summed E-state index contributed by atoms with van der Waals surface area (Å²) in [5.74, 6) is 1.49. The van der Waals surface area contributed by atoms with E-state index < -0.39 is 15.8 Å². The van der Waals surface area contributed by atoms with E-state index in [-0.39, 0.29) is 5.91 Å². The van der Waals surface area contributed by atoms with Crippen molar-refractivity contribution in [2.75, 3.05) is 17.7 Å². The molecule has 0 bridgehead atoms. The normalized spacial score (nSPS) is 13.5. The van der Waals surface area contributed by atoms with Gasteiger partial charge in [0, 0.05) is 0 Å². The summed E-state index contributed by atoms with van der Waals surface area (Å²) in [4.78, 5) is 27.0. The SMILES string of the molecule is COc1ccc([AsH]c2nccc3c(NC(=O)c4csc5c(NC6CC6)ncnc45)c(C)ccc23)cc1. The van der Waals surface area contributed by atoms with E-state index in [2.05, 4.69) is 44.9 Å². The Kier molecular flexibility index (Phi) is 6.07. The molecule has 1 atom stereocenters. The molecule has 0 saturated heterocycles. The minimum atomic E-state index is -0.666. The molecule has 0 spiro atoms. The second-order valence-corrected chi connectivity index (χ2v) is 12.4. The first kappa shape index (κ1) is 22.9. The van der Waals surface area contributed by atoms with Crippen LogP contribution in [-0.4, -0.2) is 49.8 Å². The van der Waals surface area contributed by atoms with Crippen LogP contribution in [0.1, 0.15) is 28.8 Å². The molecule has 1 unspecified atom stereocenters. The number of aryl methyl sites for hydroxylation is 1. The van der Waals surface area contributed by atoms with E-state index in [0.717, 1.165) is 55.6 Å². The molecular weight excluding hydrogens is 533 g/mol. The fraction of sp³-hybridized carbons (Fsp3) is 0.185. The minimum absolute atomic E-state index is 0.169. The first-order chi connectivity index (χ1) is 17.6. The average Bonchev–Trinajstić information content (AvgIpc) is 3.61. The Morgan fingerprint density at radius 2 is 1.89 bits per heavy atom. The molecule has 3 heterocycles. The van der Waals surface area contributed by atoms with Gasteiger partial charge >= 0.3 is 207 Å². The number of ether oxygens (including phenoxy) is 1. The second kappa shape index (κ2) is 9.52. The standard InChI is InChI=1S/C27H24AsN5O2S/c1-15-3-10-20-19(11-12-29-25(20)28-16-4-8-18(35-2)9-5-16)22(15)33-27(34)21-13-36-24-23(21)30-14-31-26(24)32-17-6-7-17/h3-5,8-14,17,28H,6-7H2,1-2H3,(H,33,34)(H,30,31,32). The Hall–Kier alpha value is -3.48. The molecule has 1 amide bonds. The van der Waals surface area contributed by atoms with E-state index in [1.54, 1.807) is 7.11 Å². The average molecular weight is 558 g/mol. The number of aromatic nitrogens is 3. The van der Waals surface area contributed by atoms with Crippen LogP contribution < -0.4 is 24.2 Å². The number of rotatable bonds is 7. The summed E-state index contributed by atoms with van der Waals surface area (Å²) in [6.07, 6.45) is 5.68. The van der Waals surface area contributed by atoms with E-state index in [9.17, 15) is 4.79 Å². The fourth-order valence-corrected chi connectivity index (χ4v) is 7.41. The molecule has 9 heteroatoms. The van der Waals surface area contributed by atoms with Crippen molar-refractivity contribution in [3.05, 3.63) is 71.5 Å². The van der Waals surface area contributed by atoms with Crippen LogP contribution >= 0.6 is 11.3 Å². The molecule has 0 aliphatic heterocycles. The van der Waals surface area contributed by atoms with Gasteiger partial charge in [-0.2, -0.15) is 0 Å². The molecule has 2 N–H and O–H groups in total. The number of carbonyl (C=O) groups excluding carboxylic acids is 1. The first-order valence-corrected chi connectivity index (χ1v) is 14.7. The van der Waals surface area contributed by atoms with E-state index in [1.807, 2.05) is 36.7 Å². The van der Waals surface area contributed by atoms with Crippen molar-refractivity contribution >= 4 is 74.3 Å². The summed E-state index contributed by atoms with van der Waals surface area (Å²) in [6.45, 7) is 2.01. The van der Waals surface area contributed by atoms with Gasteiger partial charge in [0.15, 0.2) is 0 Å². The Morgan fingerprint density at radius 3 is 2.67 bits per heavy atom. The number of pyridine rings is 1. The number of benzene rings is 2. The number of fused-ring (bicyclic) bond motifs is 2. The number of anilines is 2. The van der Waals surface area contributed by atoms with Crippen LogP contribution in [0, 0.1) is 6.92 Å². The van der Waals surface area contributed by atoms with Gasteiger partial charge in [0.2, 0.25) is 0 Å². The number of nitrogens with one attached hydrogen (secondary N) is 2. The number of amides is 1. The number of methoxy groups -OCH3 is 1. The Morgan fingerprint density at radius 1 is 1.06 bits per heavy atom. The van der Waals surface area contributed by atoms with E-state index in [0.29, 0.717) is 17.1 Å². The third-order valence-electron chi connectivity index (χ3n) is 6.26. The summed E-state index contributed by atoms with van der Waals surface area (Å²) in [7, 11) is 1.67. The third kappa shape index (κ3) is 4.43. The summed E-state index contributed by atoms with van der Waals surface area (Å²) >= 11 is 0.835. The molecule has 3 aromatic heterocycles. The zero-order valence-corrected chi connectivity index (χ0v) is 22.7. The van der Waals surface area contributed by atoms with Crippen molar-refractivity contribution < 1.29 is 9.53 Å². The van der Waals surface area contributed by atoms with Gasteiger partial charge in [-0.25, -0.2) is 0 Å². The quantitative estimate of drug-likeness (QED) is 0.296. The fourth-order valence-electron chi connectivity index (χ4n) is 4.16. The molecule has 0 radical (unpaired) electrons. The van der Waals surface area contributed by atoms with Crippen molar-refractivity contribution in [1.29, 1.82) is 0 Å². The van der Waals surface area contributed by atoms with Gasteiger partial charge in [-0.15, -0.1) is 0 Å². The van der Waals surface area contributed by atoms with Gasteiger partial charge in [0.1, 0.15) is 0 Å². The predicted molar refractivity (Wildman–Crippen MR) is 148 cm³/mol. The Bertz CT molecular complexity index is 1600. The summed E-state index contributed by atoms with van der Waals surface area (Å²) in [5, 5.41) is 10.6. The molecule has 6 rings (SSSR count). The number of hydrogen-bond donors (Lipinski definition) is 2. The number of carbonyl (C=O) groups is 1. The van der Waals surface area contributed by atoms with E-state index in [1.165, 1.54) is 22.0 Å². The molecule has 2 aromatic carbocycles. The van der Waals surface area contributed by atoms with Crippen LogP contribution in [0.25, 0.3) is 21.0 Å². The van der Waals surface area contributed by atoms with Crippen LogP contribution in [-0.2, 0) is 0 Å². The second-order valence-electron chi connectivity index (χ2n) is 8.79. The monoisotopic (exact) mass is 557 g/mol. The van der Waals surface area contributed by atoms with Gasteiger partial charge in [-0.05, 0) is 12.8 Å². The summed E-state index contributed by atoms with van der Waals surface area (Å²) in [6, 6.07) is 14.8. The molecule has 180 valence electrons. The molecule has 1 saturated carbocycles. The third-order valence-corrected chi connectivity index (χ3v) is 9.88. The molecule has 5 aromatic rings. The summed E-state index contributed by atoms with van der Waals surface area (Å²) in [5.41, 5.74) is 3.06. The molecule has 1 aliphatic carbocycles. The maximum atomic E-state index is 13.5. The van der Waals surface area contributed by atoms with Crippen LogP contribution in [0.3, 0.4) is 0 Å². The molecule has 36 heavy (non-hydrogen) atoms. The Labute approximate surface area is 219 Å². The Balaban J connectivity index is 1.32. The van der Waals surface area contributed by atoms with Gasteiger partial charge in [-0.3, -0.25) is 0 Å². The first-order valence-electron chi connectivity index (χ1n) is 11.7. The number of thiophene rings is 1. The number of hydrogen-bond acceptors (Lipinski definition) is 7. The van der Waals surface area contributed by atoms with Gasteiger partial charge in [0.25, 0.3) is 0 Å². The van der Waals surface area contributed by atoms with Crippen molar-refractivity contribution in [1.82, 2.24) is 15.0 Å². The molecule has 1 fully saturated rings. The maximum absolute atomic E-state index is 13.5. The molecule has 1 aliphatic rings. The van der Waals surface area contributed by atoms with Crippen LogP contribution in [0.15, 0.2) is 60.4 Å². The predicted octanol–water partition coefficient (Wildman–Crippen LogP) is 3.77. The van der Waals surface area contributed by atoms with Gasteiger partial charge < -0.3 is 0 Å². The van der Waals surface area contributed by atoms with E-state index in [4.69, 9.17) is 9.72 Å². The van der Waals surface area contributed by atoms with E-state index >= 15 is 0 Å². The van der Waals surface area contributed by atoms with Crippen molar-refractivity contribution in [3.63, 3.8) is 0 Å². The van der Waals surface area contributed by atoms with Gasteiger partial charge in [0.05, 0.1) is 0 Å². The van der Waals surface area contributed by atoms with Crippen molar-refractivity contribution in [3.8, 4) is 5.75 Å². The van der Waals surface area contributed by atoms with Gasteiger partial charge in [-0.1, -0.05) is 0 Å².